The van der Waals surface area contributed by atoms with Crippen molar-refractivity contribution in [3.63, 3.8) is 0 Å². The number of ether oxygens (including phenoxy) is 1. The fourth-order valence-electron chi connectivity index (χ4n) is 2.04. The molecule has 96 valence electrons. The molecule has 0 saturated carbocycles. The van der Waals surface area contributed by atoms with Gasteiger partial charge in [-0.05, 0) is 20.8 Å². The zero-order chi connectivity index (χ0) is 12.7. The molecule has 0 radical (unpaired) electrons. The van der Waals surface area contributed by atoms with Crippen molar-refractivity contribution in [2.75, 3.05) is 19.6 Å². The maximum absolute atomic E-state index is 11.7. The summed E-state index contributed by atoms with van der Waals surface area (Å²) in [6.45, 7) is 7.10. The first kappa shape index (κ1) is 12.2. The van der Waals surface area contributed by atoms with Crippen LogP contribution in [0.4, 0.5) is 4.79 Å². The summed E-state index contributed by atoms with van der Waals surface area (Å²) >= 11 is 0. The van der Waals surface area contributed by atoms with Crippen molar-refractivity contribution in [1.82, 2.24) is 15.5 Å². The second-order valence-corrected chi connectivity index (χ2v) is 5.64. The predicted molar refractivity (Wildman–Crippen MR) is 61.3 cm³/mol. The van der Waals surface area contributed by atoms with E-state index in [2.05, 4.69) is 10.6 Å². The highest BCUT2D eigenvalue weighted by Crippen LogP contribution is 2.23. The Labute approximate surface area is 101 Å². The number of hydrogen-bond donors (Lipinski definition) is 2. The van der Waals surface area contributed by atoms with Crippen LogP contribution in [0.5, 0.6) is 0 Å². The van der Waals surface area contributed by atoms with E-state index in [9.17, 15) is 9.59 Å². The molecule has 2 amide bonds. The second kappa shape index (κ2) is 3.87. The lowest BCUT2D eigenvalue weighted by molar-refractivity contribution is -0.129. The van der Waals surface area contributed by atoms with Gasteiger partial charge in [0.25, 0.3) is 0 Å². The van der Waals surface area contributed by atoms with Crippen molar-refractivity contribution in [2.45, 2.75) is 38.5 Å². The Morgan fingerprint density at radius 1 is 1.41 bits per heavy atom. The van der Waals surface area contributed by atoms with Crippen LogP contribution in [-0.2, 0) is 9.53 Å². The second-order valence-electron chi connectivity index (χ2n) is 5.64. The fraction of sp³-hybridized carbons (Fsp3) is 0.818. The number of carbonyl (C=O) groups is 2. The van der Waals surface area contributed by atoms with Crippen molar-refractivity contribution in [3.05, 3.63) is 0 Å². The first-order valence-corrected chi connectivity index (χ1v) is 5.84. The van der Waals surface area contributed by atoms with Gasteiger partial charge in [0, 0.05) is 13.0 Å². The van der Waals surface area contributed by atoms with Crippen molar-refractivity contribution in [3.8, 4) is 0 Å². The smallest absolute Gasteiger partial charge is 0.410 e. The van der Waals surface area contributed by atoms with Crippen molar-refractivity contribution in [1.29, 1.82) is 0 Å². The minimum atomic E-state index is -0.483. The van der Waals surface area contributed by atoms with Gasteiger partial charge in [-0.15, -0.1) is 0 Å². The number of amides is 2. The largest absolute Gasteiger partial charge is 0.444 e. The monoisotopic (exact) mass is 241 g/mol. The van der Waals surface area contributed by atoms with Crippen molar-refractivity contribution < 1.29 is 14.3 Å². The van der Waals surface area contributed by atoms with E-state index in [1.54, 1.807) is 4.90 Å². The summed E-state index contributed by atoms with van der Waals surface area (Å²) in [5, 5.41) is 6.11. The van der Waals surface area contributed by atoms with Gasteiger partial charge in [0.05, 0.1) is 13.1 Å². The molecule has 0 aromatic heterocycles. The van der Waals surface area contributed by atoms with Gasteiger partial charge in [-0.25, -0.2) is 4.79 Å². The number of rotatable bonds is 0. The third-order valence-electron chi connectivity index (χ3n) is 2.77. The van der Waals surface area contributed by atoms with Crippen LogP contribution in [0, 0.1) is 0 Å². The Kier molecular flexibility index (Phi) is 2.77. The van der Waals surface area contributed by atoms with Crippen LogP contribution in [0.3, 0.4) is 0 Å². The van der Waals surface area contributed by atoms with Crippen LogP contribution in [0.2, 0.25) is 0 Å². The molecule has 1 spiro atoms. The van der Waals surface area contributed by atoms with Gasteiger partial charge >= 0.3 is 6.09 Å². The summed E-state index contributed by atoms with van der Waals surface area (Å²) in [5.41, 5.74) is -0.907. The van der Waals surface area contributed by atoms with E-state index in [-0.39, 0.29) is 12.0 Å². The van der Waals surface area contributed by atoms with Crippen LogP contribution in [-0.4, -0.2) is 47.8 Å². The molecule has 0 atom stereocenters. The molecule has 2 N–H and O–H groups in total. The standard InChI is InChI=1S/C11H19N3O3/c1-10(2,3)17-9(16)14-6-11(7-14)12-5-4-8(15)13-11/h12H,4-7H2,1-3H3,(H,13,15). The van der Waals surface area contributed by atoms with Crippen LogP contribution in [0.25, 0.3) is 0 Å². The van der Waals surface area contributed by atoms with Crippen LogP contribution >= 0.6 is 0 Å². The van der Waals surface area contributed by atoms with Gasteiger partial charge in [-0.3, -0.25) is 10.1 Å². The van der Waals surface area contributed by atoms with E-state index in [0.717, 1.165) is 0 Å². The molecule has 6 heteroatoms. The molecular formula is C11H19N3O3. The molecule has 0 aliphatic carbocycles. The Balaban J connectivity index is 1.85. The highest BCUT2D eigenvalue weighted by molar-refractivity contribution is 5.79. The van der Waals surface area contributed by atoms with Crippen LogP contribution in [0.15, 0.2) is 0 Å². The molecule has 2 aliphatic rings. The third kappa shape index (κ3) is 2.69. The lowest BCUT2D eigenvalue weighted by atomic mass is 9.98. The highest BCUT2D eigenvalue weighted by atomic mass is 16.6. The van der Waals surface area contributed by atoms with E-state index < -0.39 is 11.3 Å². The molecule has 0 bridgehead atoms. The molecule has 0 aromatic rings. The summed E-state index contributed by atoms with van der Waals surface area (Å²) < 4.78 is 5.25. The van der Waals surface area contributed by atoms with E-state index in [1.165, 1.54) is 0 Å². The lowest BCUT2D eigenvalue weighted by Crippen LogP contribution is -2.79. The SMILES string of the molecule is CC(C)(C)OC(=O)N1CC2(C1)NCCC(=O)N2. The first-order valence-electron chi connectivity index (χ1n) is 5.84. The summed E-state index contributed by atoms with van der Waals surface area (Å²) in [7, 11) is 0. The molecule has 2 fully saturated rings. The zero-order valence-corrected chi connectivity index (χ0v) is 10.5. The van der Waals surface area contributed by atoms with Crippen LogP contribution in [0.1, 0.15) is 27.2 Å². The highest BCUT2D eigenvalue weighted by Gasteiger charge is 2.48. The summed E-state index contributed by atoms with van der Waals surface area (Å²) in [5.74, 6) is 0.0348. The number of likely N-dealkylation sites (tertiary alicyclic amines) is 1. The van der Waals surface area contributed by atoms with Gasteiger partial charge in [-0.1, -0.05) is 0 Å². The predicted octanol–water partition coefficient (Wildman–Crippen LogP) is 0.0429. The molecule has 2 heterocycles. The fourth-order valence-corrected chi connectivity index (χ4v) is 2.04. The van der Waals surface area contributed by atoms with Crippen LogP contribution < -0.4 is 10.6 Å². The average molecular weight is 241 g/mol. The normalized spacial score (nSPS) is 23.0. The minimum absolute atomic E-state index is 0.0348. The number of nitrogens with one attached hydrogen (secondary N) is 2. The van der Waals surface area contributed by atoms with E-state index in [1.807, 2.05) is 20.8 Å². The number of carbonyl (C=O) groups excluding carboxylic acids is 2. The van der Waals surface area contributed by atoms with Gasteiger partial charge in [0.15, 0.2) is 0 Å². The maximum atomic E-state index is 11.7. The van der Waals surface area contributed by atoms with Gasteiger partial charge in [0.2, 0.25) is 5.91 Å². The molecular weight excluding hydrogens is 222 g/mol. The Morgan fingerprint density at radius 3 is 2.59 bits per heavy atom. The first-order chi connectivity index (χ1) is 7.80. The Morgan fingerprint density at radius 2 is 2.06 bits per heavy atom. The quantitative estimate of drug-likeness (QED) is 0.628. The lowest BCUT2D eigenvalue weighted by Gasteiger charge is -2.52. The number of hydrogen-bond acceptors (Lipinski definition) is 4. The van der Waals surface area contributed by atoms with Crippen molar-refractivity contribution in [2.24, 2.45) is 0 Å². The maximum Gasteiger partial charge on any atom is 0.410 e. The topological polar surface area (TPSA) is 70.7 Å². The van der Waals surface area contributed by atoms with Gasteiger partial charge < -0.3 is 15.0 Å². The number of nitrogens with zero attached hydrogens (tertiary/aromatic N) is 1. The van der Waals surface area contributed by atoms with Gasteiger partial charge in [0.1, 0.15) is 11.3 Å². The molecule has 0 unspecified atom stereocenters. The zero-order valence-electron chi connectivity index (χ0n) is 10.5. The molecule has 6 nitrogen and oxygen atoms in total. The van der Waals surface area contributed by atoms with Gasteiger partial charge in [-0.2, -0.15) is 0 Å². The van der Waals surface area contributed by atoms with E-state index in [4.69, 9.17) is 4.74 Å². The molecule has 0 aromatic carbocycles. The molecule has 2 saturated heterocycles. The molecule has 2 aliphatic heterocycles. The summed E-state index contributed by atoms with van der Waals surface area (Å²) in [6.07, 6.45) is 0.165. The van der Waals surface area contributed by atoms with E-state index >= 15 is 0 Å². The minimum Gasteiger partial charge on any atom is -0.444 e. The van der Waals surface area contributed by atoms with Crippen molar-refractivity contribution >= 4 is 12.0 Å². The molecule has 17 heavy (non-hydrogen) atoms. The van der Waals surface area contributed by atoms with E-state index in [0.29, 0.717) is 26.1 Å². The Bertz CT molecular complexity index is 342. The Hall–Kier alpha value is -1.30. The third-order valence-corrected chi connectivity index (χ3v) is 2.77. The average Bonchev–Trinajstić information content (AvgIpc) is 2.10. The molecule has 2 rings (SSSR count). The summed E-state index contributed by atoms with van der Waals surface area (Å²) in [6, 6.07) is 0. The summed E-state index contributed by atoms with van der Waals surface area (Å²) in [4.78, 5) is 24.6.